The first-order valence-electron chi connectivity index (χ1n) is 9.60. The Morgan fingerprint density at radius 2 is 1.57 bits per heavy atom. The summed E-state index contributed by atoms with van der Waals surface area (Å²) in [5.74, 6) is -2.39. The summed E-state index contributed by atoms with van der Waals surface area (Å²) in [6.07, 6.45) is 0.424. The molecule has 0 aliphatic rings. The van der Waals surface area contributed by atoms with Crippen molar-refractivity contribution < 1.29 is 24.2 Å². The molecule has 2 atom stereocenters. The van der Waals surface area contributed by atoms with Crippen molar-refractivity contribution in [1.29, 1.82) is 0 Å². The first kappa shape index (κ1) is 26.1. The molecule has 6 nitrogen and oxygen atoms in total. The van der Waals surface area contributed by atoms with Gasteiger partial charge in [-0.15, -0.1) is 0 Å². The van der Waals surface area contributed by atoms with E-state index in [1.165, 1.54) is 7.11 Å². The monoisotopic (exact) mass is 436 g/mol. The smallest absolute Gasteiger partial charge is 0.550 e. The second-order valence-corrected chi connectivity index (χ2v) is 7.06. The molecule has 0 aliphatic carbocycles. The Hall–Kier alpha value is -1.89. The number of nitrogens with one attached hydrogen (secondary N) is 1. The summed E-state index contributed by atoms with van der Waals surface area (Å²) in [5, 5.41) is 13.4. The van der Waals surface area contributed by atoms with Crippen molar-refractivity contribution in [2.45, 2.75) is 38.6 Å². The molecule has 0 saturated heterocycles. The maximum Gasteiger partial charge on any atom is 2.00 e. The number of carbonyl (C=O) groups excluding carboxylic acids is 3. The molecule has 0 heterocycles. The predicted molar refractivity (Wildman–Crippen MR) is 113 cm³/mol. The zero-order chi connectivity index (χ0) is 21.2. The van der Waals surface area contributed by atoms with Gasteiger partial charge in [0, 0.05) is 18.4 Å². The van der Waals surface area contributed by atoms with Gasteiger partial charge < -0.3 is 20.0 Å². The normalized spacial score (nSPS) is 12.2. The van der Waals surface area contributed by atoms with Crippen LogP contribution in [0.15, 0.2) is 54.6 Å². The first-order chi connectivity index (χ1) is 13.9. The molecular weight excluding hydrogens is 410 g/mol. The third-order valence-electron chi connectivity index (χ3n) is 4.71. The Bertz CT molecular complexity index is 823. The van der Waals surface area contributed by atoms with E-state index in [1.54, 1.807) is 6.92 Å². The predicted octanol–water partition coefficient (Wildman–Crippen LogP) is 1.73. The van der Waals surface area contributed by atoms with Crippen molar-refractivity contribution >= 4 is 55.6 Å². The van der Waals surface area contributed by atoms with Crippen LogP contribution in [-0.4, -0.2) is 68.7 Å². The molecule has 0 aliphatic heterocycles. The summed E-state index contributed by atoms with van der Waals surface area (Å²) in [5.41, 5.74) is 3.21. The van der Waals surface area contributed by atoms with Gasteiger partial charge in [-0.25, -0.2) is 0 Å². The zero-order valence-electron chi connectivity index (χ0n) is 17.4. The zero-order valence-corrected chi connectivity index (χ0v) is 19.6. The van der Waals surface area contributed by atoms with Crippen LogP contribution in [0.5, 0.6) is 0 Å². The fraction of sp³-hybridized carbons (Fsp3) is 0.348. The molecule has 0 bridgehead atoms. The second kappa shape index (κ2) is 13.4. The number of esters is 1. The SMILES string of the molecule is COC(=O)[C@H](C)C[C@@H](Cc1ccc(-c2ccccc2)cc1)NC(=O)CCC(=O)[O-].[Ca+2]. The molecule has 2 aromatic rings. The van der Waals surface area contributed by atoms with Crippen LogP contribution in [0.4, 0.5) is 0 Å². The summed E-state index contributed by atoms with van der Waals surface area (Å²) < 4.78 is 4.77. The van der Waals surface area contributed by atoms with Gasteiger partial charge in [-0.2, -0.15) is 0 Å². The summed E-state index contributed by atoms with van der Waals surface area (Å²) in [6.45, 7) is 1.74. The largest absolute Gasteiger partial charge is 2.00 e. The van der Waals surface area contributed by atoms with Crippen LogP contribution in [0, 0.1) is 5.92 Å². The van der Waals surface area contributed by atoms with E-state index in [0.29, 0.717) is 12.8 Å². The minimum atomic E-state index is -1.27. The topological polar surface area (TPSA) is 95.5 Å². The van der Waals surface area contributed by atoms with Gasteiger partial charge in [-0.05, 0) is 36.0 Å². The van der Waals surface area contributed by atoms with E-state index < -0.39 is 11.9 Å². The first-order valence-corrected chi connectivity index (χ1v) is 9.60. The van der Waals surface area contributed by atoms with Gasteiger partial charge in [0.15, 0.2) is 0 Å². The van der Waals surface area contributed by atoms with E-state index in [-0.39, 0.29) is 68.5 Å². The number of hydrogen-bond donors (Lipinski definition) is 1. The number of benzene rings is 2. The van der Waals surface area contributed by atoms with E-state index in [0.717, 1.165) is 16.7 Å². The third kappa shape index (κ3) is 8.86. The Morgan fingerprint density at radius 3 is 2.13 bits per heavy atom. The van der Waals surface area contributed by atoms with E-state index in [1.807, 2.05) is 54.6 Å². The number of carbonyl (C=O) groups is 3. The van der Waals surface area contributed by atoms with Crippen LogP contribution in [0.25, 0.3) is 11.1 Å². The number of rotatable bonds is 10. The number of methoxy groups -OCH3 is 1. The summed E-state index contributed by atoms with van der Waals surface area (Å²) in [6, 6.07) is 17.7. The molecule has 0 saturated carbocycles. The van der Waals surface area contributed by atoms with Crippen molar-refractivity contribution in [3.05, 3.63) is 60.2 Å². The van der Waals surface area contributed by atoms with Crippen molar-refractivity contribution in [3.63, 3.8) is 0 Å². The molecule has 154 valence electrons. The second-order valence-electron chi connectivity index (χ2n) is 7.06. The summed E-state index contributed by atoms with van der Waals surface area (Å²) in [7, 11) is 1.33. The number of amides is 1. The number of carboxylic acid groups (broad SMARTS) is 1. The number of ether oxygens (including phenoxy) is 1. The van der Waals surface area contributed by atoms with E-state index in [9.17, 15) is 19.5 Å². The summed E-state index contributed by atoms with van der Waals surface area (Å²) >= 11 is 0. The van der Waals surface area contributed by atoms with Crippen LogP contribution in [-0.2, 0) is 25.5 Å². The quantitative estimate of drug-likeness (QED) is 0.452. The number of hydrogen-bond acceptors (Lipinski definition) is 5. The van der Waals surface area contributed by atoms with E-state index in [2.05, 4.69) is 5.32 Å². The van der Waals surface area contributed by atoms with Crippen LogP contribution in [0.3, 0.4) is 0 Å². The molecule has 2 aromatic carbocycles. The van der Waals surface area contributed by atoms with E-state index in [4.69, 9.17) is 4.74 Å². The van der Waals surface area contributed by atoms with Crippen LogP contribution in [0.2, 0.25) is 0 Å². The molecule has 30 heavy (non-hydrogen) atoms. The molecule has 0 fully saturated rings. The fourth-order valence-corrected chi connectivity index (χ4v) is 3.18. The molecule has 1 N–H and O–H groups in total. The van der Waals surface area contributed by atoms with Gasteiger partial charge in [0.05, 0.1) is 13.0 Å². The standard InChI is InChI=1S/C23H27NO5.Ca/c1-16(23(28)29-2)14-20(24-21(25)12-13-22(26)27)15-17-8-10-19(11-9-17)18-6-4-3-5-7-18;/h3-11,16,20H,12-15H2,1-2H3,(H,24,25)(H,26,27);/q;+2/p-1/t16-,20+;/m1./s1. The van der Waals surface area contributed by atoms with Gasteiger partial charge in [0.1, 0.15) is 0 Å². The van der Waals surface area contributed by atoms with Crippen LogP contribution in [0.1, 0.15) is 31.7 Å². The molecule has 0 unspecified atom stereocenters. The van der Waals surface area contributed by atoms with Crippen LogP contribution >= 0.6 is 0 Å². The molecule has 1 amide bonds. The molecule has 2 rings (SSSR count). The minimum Gasteiger partial charge on any atom is -0.550 e. The van der Waals surface area contributed by atoms with Gasteiger partial charge in [-0.1, -0.05) is 61.5 Å². The van der Waals surface area contributed by atoms with Crippen molar-refractivity contribution in [3.8, 4) is 11.1 Å². The maximum atomic E-state index is 12.1. The van der Waals surface area contributed by atoms with Gasteiger partial charge in [-0.3, -0.25) is 9.59 Å². The molecular formula is C23H26CaNO5+. The Morgan fingerprint density at radius 1 is 0.967 bits per heavy atom. The minimum absolute atomic E-state index is 0. The molecule has 0 spiro atoms. The van der Waals surface area contributed by atoms with Crippen LogP contribution < -0.4 is 10.4 Å². The van der Waals surface area contributed by atoms with E-state index >= 15 is 0 Å². The average molecular weight is 437 g/mol. The van der Waals surface area contributed by atoms with Crippen molar-refractivity contribution in [2.24, 2.45) is 5.92 Å². The molecule has 7 heteroatoms. The number of aliphatic carboxylic acids is 1. The number of carboxylic acids is 1. The average Bonchev–Trinajstić information content (AvgIpc) is 2.72. The fourth-order valence-electron chi connectivity index (χ4n) is 3.18. The Kier molecular flexibility index (Phi) is 11.7. The maximum absolute atomic E-state index is 12.1. The van der Waals surface area contributed by atoms with Gasteiger partial charge >= 0.3 is 43.7 Å². The molecule has 0 radical (unpaired) electrons. The summed E-state index contributed by atoms with van der Waals surface area (Å²) in [4.78, 5) is 34.5. The Balaban J connectivity index is 0.00000450. The Labute approximate surface area is 207 Å². The van der Waals surface area contributed by atoms with Gasteiger partial charge in [0.2, 0.25) is 5.91 Å². The van der Waals surface area contributed by atoms with Crippen molar-refractivity contribution in [2.75, 3.05) is 7.11 Å². The molecule has 0 aromatic heterocycles. The van der Waals surface area contributed by atoms with Crippen molar-refractivity contribution in [1.82, 2.24) is 5.32 Å². The third-order valence-corrected chi connectivity index (χ3v) is 4.71. The van der Waals surface area contributed by atoms with Gasteiger partial charge in [0.25, 0.3) is 0 Å².